The second-order valence-corrected chi connectivity index (χ2v) is 7.58. The average molecular weight is 417 g/mol. The maximum absolute atomic E-state index is 12.3. The summed E-state index contributed by atoms with van der Waals surface area (Å²) in [6, 6.07) is 15.1. The molecular formula is C20H21ClN4O2S. The van der Waals surface area contributed by atoms with Crippen LogP contribution in [0.3, 0.4) is 0 Å². The number of nitrogens with one attached hydrogen (secondary N) is 1. The molecule has 3 aromatic rings. The molecule has 1 saturated heterocycles. The lowest BCUT2D eigenvalue weighted by molar-refractivity contribution is -0.117. The Bertz CT molecular complexity index is 1040. The number of fused-ring (bicyclic) bond motifs is 1. The number of hydrogen-bond acceptors (Lipinski definition) is 5. The second-order valence-electron chi connectivity index (χ2n) is 6.83. The Labute approximate surface area is 173 Å². The summed E-state index contributed by atoms with van der Waals surface area (Å²) in [4.78, 5) is 17.3. The first-order chi connectivity index (χ1) is 13.6. The van der Waals surface area contributed by atoms with Crippen LogP contribution in [0, 0.1) is 4.84 Å². The lowest BCUT2D eigenvalue weighted by atomic mass is 10.3. The van der Waals surface area contributed by atoms with E-state index in [9.17, 15) is 4.79 Å². The molecule has 0 saturated carbocycles. The van der Waals surface area contributed by atoms with Crippen LogP contribution < -0.4 is 5.32 Å². The summed E-state index contributed by atoms with van der Waals surface area (Å²) < 4.78 is 7.68. The molecule has 1 aromatic heterocycles. The SMILES string of the molecule is O=C(CN1CCN(Cn2c(=S)oc3ccccc32)CC1)Nc1ccccc1Cl. The highest BCUT2D eigenvalue weighted by atomic mass is 35.5. The number of piperazine rings is 1. The van der Waals surface area contributed by atoms with Gasteiger partial charge in [-0.05, 0) is 36.5 Å². The molecule has 146 valence electrons. The summed E-state index contributed by atoms with van der Waals surface area (Å²) >= 11 is 11.5. The van der Waals surface area contributed by atoms with E-state index in [0.717, 1.165) is 37.3 Å². The monoisotopic (exact) mass is 416 g/mol. The summed E-state index contributed by atoms with van der Waals surface area (Å²) in [7, 11) is 0. The van der Waals surface area contributed by atoms with Crippen molar-refractivity contribution in [2.45, 2.75) is 6.67 Å². The molecule has 1 aliphatic heterocycles. The fourth-order valence-corrected chi connectivity index (χ4v) is 3.82. The number of halogens is 1. The molecule has 2 heterocycles. The standard InChI is InChI=1S/C20H21ClN4O2S/c21-15-5-1-2-6-16(15)22-19(26)13-23-9-11-24(12-10-23)14-25-17-7-3-4-8-18(17)27-20(25)28/h1-8H,9-14H2,(H,22,26). The van der Waals surface area contributed by atoms with E-state index in [2.05, 4.69) is 15.1 Å². The number of carbonyl (C=O) groups is 1. The summed E-state index contributed by atoms with van der Waals surface area (Å²) in [6.07, 6.45) is 0. The Morgan fingerprint density at radius 1 is 1.04 bits per heavy atom. The molecule has 1 fully saturated rings. The summed E-state index contributed by atoms with van der Waals surface area (Å²) in [6.45, 7) is 4.40. The van der Waals surface area contributed by atoms with Crippen molar-refractivity contribution in [2.75, 3.05) is 38.0 Å². The van der Waals surface area contributed by atoms with Gasteiger partial charge in [0.15, 0.2) is 5.58 Å². The Kier molecular flexibility index (Phi) is 5.77. The Hall–Kier alpha value is -2.19. The van der Waals surface area contributed by atoms with Crippen LogP contribution in [0.25, 0.3) is 11.1 Å². The van der Waals surface area contributed by atoms with Gasteiger partial charge in [0.1, 0.15) is 0 Å². The van der Waals surface area contributed by atoms with Gasteiger partial charge in [-0.25, -0.2) is 0 Å². The Morgan fingerprint density at radius 3 is 2.50 bits per heavy atom. The van der Waals surface area contributed by atoms with Crippen molar-refractivity contribution in [3.8, 4) is 0 Å². The molecule has 6 nitrogen and oxygen atoms in total. The third kappa shape index (κ3) is 4.28. The number of oxazole rings is 1. The first-order valence-corrected chi connectivity index (χ1v) is 9.96. The third-order valence-corrected chi connectivity index (χ3v) is 5.53. The number of benzene rings is 2. The minimum atomic E-state index is -0.0513. The van der Waals surface area contributed by atoms with Gasteiger partial charge in [-0.3, -0.25) is 19.2 Å². The predicted molar refractivity (Wildman–Crippen MR) is 113 cm³/mol. The molecule has 1 amide bonds. The summed E-state index contributed by atoms with van der Waals surface area (Å²) in [5.41, 5.74) is 2.46. The van der Waals surface area contributed by atoms with Crippen LogP contribution in [0.2, 0.25) is 5.02 Å². The van der Waals surface area contributed by atoms with Crippen molar-refractivity contribution in [2.24, 2.45) is 0 Å². The first-order valence-electron chi connectivity index (χ1n) is 9.17. The quantitative estimate of drug-likeness (QED) is 0.640. The Morgan fingerprint density at radius 2 is 1.71 bits per heavy atom. The lowest BCUT2D eigenvalue weighted by Crippen LogP contribution is -2.48. The van der Waals surface area contributed by atoms with E-state index in [4.69, 9.17) is 28.2 Å². The van der Waals surface area contributed by atoms with Gasteiger partial charge in [0.2, 0.25) is 5.91 Å². The van der Waals surface area contributed by atoms with E-state index in [1.54, 1.807) is 12.1 Å². The van der Waals surface area contributed by atoms with E-state index in [1.807, 2.05) is 41.0 Å². The molecule has 0 unspecified atom stereocenters. The van der Waals surface area contributed by atoms with Gasteiger partial charge in [0, 0.05) is 26.2 Å². The highest BCUT2D eigenvalue weighted by Crippen LogP contribution is 2.21. The van der Waals surface area contributed by atoms with E-state index in [0.29, 0.717) is 28.8 Å². The molecule has 2 aromatic carbocycles. The Balaban J connectivity index is 1.31. The van der Waals surface area contributed by atoms with Gasteiger partial charge in [-0.2, -0.15) is 0 Å². The van der Waals surface area contributed by atoms with E-state index in [-0.39, 0.29) is 5.91 Å². The minimum Gasteiger partial charge on any atom is -0.429 e. The maximum atomic E-state index is 12.3. The first kappa shape index (κ1) is 19.1. The van der Waals surface area contributed by atoms with Gasteiger partial charge >= 0.3 is 0 Å². The molecule has 1 N–H and O–H groups in total. The molecule has 4 rings (SSSR count). The largest absolute Gasteiger partial charge is 0.429 e. The molecular weight excluding hydrogens is 396 g/mol. The molecule has 1 aliphatic rings. The lowest BCUT2D eigenvalue weighted by Gasteiger charge is -2.34. The van der Waals surface area contributed by atoms with Crippen LogP contribution in [0.1, 0.15) is 0 Å². The number of para-hydroxylation sites is 3. The normalized spacial score (nSPS) is 15.8. The smallest absolute Gasteiger partial charge is 0.270 e. The molecule has 0 aliphatic carbocycles. The van der Waals surface area contributed by atoms with Crippen LogP contribution in [0.4, 0.5) is 5.69 Å². The van der Waals surface area contributed by atoms with E-state index in [1.165, 1.54) is 0 Å². The topological polar surface area (TPSA) is 53.7 Å². The summed E-state index contributed by atoms with van der Waals surface area (Å²) in [5, 5.41) is 3.42. The van der Waals surface area contributed by atoms with Crippen LogP contribution in [-0.2, 0) is 11.5 Å². The predicted octanol–water partition coefficient (Wildman–Crippen LogP) is 3.83. The van der Waals surface area contributed by atoms with Crippen LogP contribution in [0.5, 0.6) is 0 Å². The number of hydrogen-bond donors (Lipinski definition) is 1. The number of amides is 1. The van der Waals surface area contributed by atoms with Crippen molar-refractivity contribution < 1.29 is 9.21 Å². The van der Waals surface area contributed by atoms with Crippen molar-refractivity contribution in [3.63, 3.8) is 0 Å². The highest BCUT2D eigenvalue weighted by Gasteiger charge is 2.20. The summed E-state index contributed by atoms with van der Waals surface area (Å²) in [5.74, 6) is -0.0513. The van der Waals surface area contributed by atoms with Crippen molar-refractivity contribution in [1.29, 1.82) is 0 Å². The highest BCUT2D eigenvalue weighted by molar-refractivity contribution is 7.71. The van der Waals surface area contributed by atoms with Gasteiger partial charge in [0.05, 0.1) is 29.4 Å². The number of rotatable bonds is 5. The van der Waals surface area contributed by atoms with E-state index < -0.39 is 0 Å². The molecule has 28 heavy (non-hydrogen) atoms. The maximum Gasteiger partial charge on any atom is 0.270 e. The van der Waals surface area contributed by atoms with Gasteiger partial charge < -0.3 is 9.73 Å². The van der Waals surface area contributed by atoms with Gasteiger partial charge in [-0.1, -0.05) is 35.9 Å². The third-order valence-electron chi connectivity index (χ3n) is 4.90. The zero-order chi connectivity index (χ0) is 19.5. The van der Waals surface area contributed by atoms with E-state index >= 15 is 0 Å². The van der Waals surface area contributed by atoms with Crippen LogP contribution in [-0.4, -0.2) is 53.0 Å². The molecule has 0 spiro atoms. The fraction of sp³-hybridized carbons (Fsp3) is 0.300. The van der Waals surface area contributed by atoms with Crippen LogP contribution in [0.15, 0.2) is 52.9 Å². The average Bonchev–Trinajstić information content (AvgIpc) is 3.00. The molecule has 0 radical (unpaired) electrons. The molecule has 0 atom stereocenters. The minimum absolute atomic E-state index is 0.0513. The van der Waals surface area contributed by atoms with Crippen molar-refractivity contribution >= 4 is 46.5 Å². The number of aromatic nitrogens is 1. The second kappa shape index (κ2) is 8.45. The number of carbonyl (C=O) groups excluding carboxylic acids is 1. The van der Waals surface area contributed by atoms with Crippen molar-refractivity contribution in [3.05, 3.63) is 58.4 Å². The number of nitrogens with zero attached hydrogens (tertiary/aromatic N) is 3. The van der Waals surface area contributed by atoms with Gasteiger partial charge in [0.25, 0.3) is 4.84 Å². The van der Waals surface area contributed by atoms with Crippen molar-refractivity contribution in [1.82, 2.24) is 14.4 Å². The zero-order valence-corrected chi connectivity index (χ0v) is 16.9. The number of anilines is 1. The fourth-order valence-electron chi connectivity index (χ4n) is 3.39. The molecule has 0 bridgehead atoms. The zero-order valence-electron chi connectivity index (χ0n) is 15.3. The van der Waals surface area contributed by atoms with Gasteiger partial charge in [-0.15, -0.1) is 0 Å². The molecule has 8 heteroatoms. The van der Waals surface area contributed by atoms with Crippen LogP contribution >= 0.6 is 23.8 Å².